The van der Waals surface area contributed by atoms with Crippen LogP contribution in [0, 0.1) is 5.92 Å². The van der Waals surface area contributed by atoms with Crippen LogP contribution in [0.5, 0.6) is 0 Å². The SMILES string of the molecule is CC1CCN(C(=O)CSc2nnc3n2-c2sc4c(c2C2NCNN32)CC(C)(C)OC4)CC1. The molecule has 4 aliphatic rings. The number of hydrazine groups is 1. The largest absolute Gasteiger partial charge is 0.370 e. The fraction of sp³-hybridized carbons (Fsp3) is 0.667. The fourth-order valence-corrected chi connectivity index (χ4v) is 7.16. The van der Waals surface area contributed by atoms with E-state index in [0.717, 1.165) is 48.5 Å². The van der Waals surface area contributed by atoms with Crippen LogP contribution in [0.4, 0.5) is 5.95 Å². The van der Waals surface area contributed by atoms with E-state index in [2.05, 4.69) is 51.3 Å². The Balaban J connectivity index is 1.31. The molecule has 2 fully saturated rings. The van der Waals surface area contributed by atoms with Gasteiger partial charge in [0.05, 0.1) is 24.6 Å². The highest BCUT2D eigenvalue weighted by Gasteiger charge is 2.43. The molecule has 6 heterocycles. The zero-order valence-electron chi connectivity index (χ0n) is 18.7. The predicted molar refractivity (Wildman–Crippen MR) is 124 cm³/mol. The number of hydrogen-bond acceptors (Lipinski definition) is 9. The number of anilines is 1. The van der Waals surface area contributed by atoms with Crippen LogP contribution in [-0.2, 0) is 22.6 Å². The number of thiophene rings is 1. The number of thioether (sulfide) groups is 1. The predicted octanol–water partition coefficient (Wildman–Crippen LogP) is 2.41. The minimum Gasteiger partial charge on any atom is -0.370 e. The molecular weight excluding hydrogens is 446 g/mol. The normalized spacial score (nSPS) is 24.2. The van der Waals surface area contributed by atoms with Gasteiger partial charge in [-0.1, -0.05) is 18.7 Å². The van der Waals surface area contributed by atoms with Crippen LogP contribution in [0.3, 0.4) is 0 Å². The van der Waals surface area contributed by atoms with Crippen LogP contribution in [-0.4, -0.2) is 56.7 Å². The molecule has 1 amide bonds. The zero-order valence-corrected chi connectivity index (χ0v) is 20.3. The van der Waals surface area contributed by atoms with E-state index in [1.54, 1.807) is 11.3 Å². The number of ether oxygens (including phenoxy) is 1. The van der Waals surface area contributed by atoms with Gasteiger partial charge in [-0.2, -0.15) is 0 Å². The van der Waals surface area contributed by atoms with Crippen molar-refractivity contribution >= 4 is 35.0 Å². The Morgan fingerprint density at radius 1 is 1.31 bits per heavy atom. The molecule has 6 rings (SSSR count). The number of nitrogens with zero attached hydrogens (tertiary/aromatic N) is 5. The van der Waals surface area contributed by atoms with Gasteiger partial charge < -0.3 is 9.64 Å². The van der Waals surface area contributed by atoms with Crippen molar-refractivity contribution in [1.82, 2.24) is 30.4 Å². The summed E-state index contributed by atoms with van der Waals surface area (Å²) in [7, 11) is 0. The Hall–Kier alpha value is -1.66. The van der Waals surface area contributed by atoms with Gasteiger partial charge >= 0.3 is 0 Å². The molecule has 4 aliphatic heterocycles. The highest BCUT2D eigenvalue weighted by molar-refractivity contribution is 7.99. The van der Waals surface area contributed by atoms with E-state index in [1.165, 1.54) is 27.8 Å². The van der Waals surface area contributed by atoms with E-state index in [-0.39, 0.29) is 17.7 Å². The molecule has 11 heteroatoms. The molecule has 2 aromatic heterocycles. The Bertz CT molecular complexity index is 1060. The topological polar surface area (TPSA) is 87.5 Å². The summed E-state index contributed by atoms with van der Waals surface area (Å²) in [5.74, 6) is 2.06. The summed E-state index contributed by atoms with van der Waals surface area (Å²) < 4.78 is 8.22. The van der Waals surface area contributed by atoms with Gasteiger partial charge in [-0.05, 0) is 38.2 Å². The molecule has 32 heavy (non-hydrogen) atoms. The third kappa shape index (κ3) is 3.37. The van der Waals surface area contributed by atoms with Gasteiger partial charge in [-0.3, -0.25) is 15.1 Å². The Morgan fingerprint density at radius 3 is 2.94 bits per heavy atom. The van der Waals surface area contributed by atoms with Crippen molar-refractivity contribution in [1.29, 1.82) is 0 Å². The standard InChI is InChI=1S/C21H29N7O2S2/c1-12-4-6-26(7-5-12)15(29)10-31-20-25-24-19-27(20)18-16(17-22-11-23-28(17)19)13-8-21(2,3)30-9-14(13)32-18/h12,17,22-23H,4-11H2,1-3H3. The summed E-state index contributed by atoms with van der Waals surface area (Å²) in [6, 6.07) is 0. The maximum Gasteiger partial charge on any atom is 0.249 e. The van der Waals surface area contributed by atoms with Crippen LogP contribution in [0.25, 0.3) is 5.00 Å². The van der Waals surface area contributed by atoms with Crippen LogP contribution >= 0.6 is 23.1 Å². The lowest BCUT2D eigenvalue weighted by Crippen LogP contribution is -2.40. The average Bonchev–Trinajstić information content (AvgIpc) is 3.47. The first-order valence-electron chi connectivity index (χ1n) is 11.3. The molecule has 0 saturated carbocycles. The molecular formula is C21H29N7O2S2. The van der Waals surface area contributed by atoms with Crippen LogP contribution in [0.15, 0.2) is 5.16 Å². The second-order valence-corrected chi connectivity index (χ2v) is 11.8. The Morgan fingerprint density at radius 2 is 2.12 bits per heavy atom. The fourth-order valence-electron chi connectivity index (χ4n) is 5.00. The molecule has 172 valence electrons. The number of rotatable bonds is 3. The smallest absolute Gasteiger partial charge is 0.249 e. The van der Waals surface area contributed by atoms with Crippen molar-refractivity contribution in [2.75, 3.05) is 30.5 Å². The van der Waals surface area contributed by atoms with E-state index in [4.69, 9.17) is 4.74 Å². The number of fused-ring (bicyclic) bond motifs is 8. The lowest BCUT2D eigenvalue weighted by Gasteiger charge is -2.34. The number of carbonyl (C=O) groups excluding carboxylic acids is 1. The van der Waals surface area contributed by atoms with E-state index in [9.17, 15) is 4.79 Å². The van der Waals surface area contributed by atoms with Gasteiger partial charge in [-0.25, -0.2) is 9.99 Å². The average molecular weight is 476 g/mol. The van der Waals surface area contributed by atoms with E-state index in [1.807, 2.05) is 4.90 Å². The van der Waals surface area contributed by atoms with Crippen LogP contribution in [0.2, 0.25) is 0 Å². The molecule has 9 nitrogen and oxygen atoms in total. The minimum absolute atomic E-state index is 0.0328. The van der Waals surface area contributed by atoms with Gasteiger partial charge in [0.15, 0.2) is 5.16 Å². The van der Waals surface area contributed by atoms with Gasteiger partial charge in [0, 0.05) is 30.0 Å². The van der Waals surface area contributed by atoms with Crippen molar-refractivity contribution in [3.8, 4) is 5.00 Å². The summed E-state index contributed by atoms with van der Waals surface area (Å²) in [5.41, 5.74) is 5.88. The van der Waals surface area contributed by atoms with Crippen molar-refractivity contribution in [3.63, 3.8) is 0 Å². The summed E-state index contributed by atoms with van der Waals surface area (Å²) in [6.45, 7) is 9.60. The molecule has 0 spiro atoms. The van der Waals surface area contributed by atoms with Crippen molar-refractivity contribution in [2.45, 2.75) is 63.6 Å². The Kier molecular flexibility index (Phi) is 5.03. The molecule has 0 radical (unpaired) electrons. The number of aromatic nitrogens is 3. The molecule has 0 bridgehead atoms. The van der Waals surface area contributed by atoms with E-state index in [0.29, 0.717) is 24.9 Å². The lowest BCUT2D eigenvalue weighted by molar-refractivity contribution is -0.129. The number of piperidine rings is 1. The zero-order chi connectivity index (χ0) is 22.0. The minimum atomic E-state index is -0.178. The second-order valence-electron chi connectivity index (χ2n) is 9.73. The first-order chi connectivity index (χ1) is 15.4. The maximum absolute atomic E-state index is 12.8. The summed E-state index contributed by atoms with van der Waals surface area (Å²) in [4.78, 5) is 16.1. The summed E-state index contributed by atoms with van der Waals surface area (Å²) >= 11 is 3.25. The van der Waals surface area contributed by atoms with Crippen LogP contribution < -0.4 is 15.8 Å². The third-order valence-electron chi connectivity index (χ3n) is 6.88. The van der Waals surface area contributed by atoms with Crippen molar-refractivity contribution < 1.29 is 9.53 Å². The van der Waals surface area contributed by atoms with Gasteiger partial charge in [0.1, 0.15) is 11.2 Å². The maximum atomic E-state index is 12.8. The molecule has 2 N–H and O–H groups in total. The molecule has 2 aromatic rings. The summed E-state index contributed by atoms with van der Waals surface area (Å²) in [5, 5.41) is 16.5. The molecule has 2 saturated heterocycles. The highest BCUT2D eigenvalue weighted by Crippen LogP contribution is 2.48. The third-order valence-corrected chi connectivity index (χ3v) is 9.00. The lowest BCUT2D eigenvalue weighted by atomic mass is 9.92. The molecule has 1 atom stereocenters. The molecule has 0 aromatic carbocycles. The Labute approximate surface area is 195 Å². The summed E-state index contributed by atoms with van der Waals surface area (Å²) in [6.07, 6.45) is 3.10. The van der Waals surface area contributed by atoms with Gasteiger partial charge in [0.25, 0.3) is 0 Å². The number of nitrogens with one attached hydrogen (secondary N) is 2. The van der Waals surface area contributed by atoms with Crippen molar-refractivity contribution in [2.24, 2.45) is 5.92 Å². The first kappa shape index (κ1) is 20.9. The van der Waals surface area contributed by atoms with E-state index < -0.39 is 0 Å². The number of amides is 1. The number of likely N-dealkylation sites (tertiary alicyclic amines) is 1. The van der Waals surface area contributed by atoms with Gasteiger partial charge in [0.2, 0.25) is 11.9 Å². The van der Waals surface area contributed by atoms with Gasteiger partial charge in [-0.15, -0.1) is 21.5 Å². The second kappa shape index (κ2) is 7.69. The van der Waals surface area contributed by atoms with Crippen molar-refractivity contribution in [3.05, 3.63) is 16.0 Å². The van der Waals surface area contributed by atoms with E-state index >= 15 is 0 Å². The van der Waals surface area contributed by atoms with Crippen LogP contribution in [0.1, 0.15) is 55.8 Å². The quantitative estimate of drug-likeness (QED) is 0.655. The number of carbonyl (C=O) groups is 1. The number of hydrogen-bond donors (Lipinski definition) is 2. The molecule has 0 aliphatic carbocycles. The monoisotopic (exact) mass is 475 g/mol. The molecule has 1 unspecified atom stereocenters. The first-order valence-corrected chi connectivity index (χ1v) is 13.1. The highest BCUT2D eigenvalue weighted by atomic mass is 32.2.